The summed E-state index contributed by atoms with van der Waals surface area (Å²) in [6, 6.07) is 13.8. The highest BCUT2D eigenvalue weighted by Crippen LogP contribution is 2.19. The minimum Gasteiger partial charge on any atom is -0.364 e. The van der Waals surface area contributed by atoms with Crippen molar-refractivity contribution in [2.75, 3.05) is 24.5 Å². The fraction of sp³-hybridized carbons (Fsp3) is 0.318. The first kappa shape index (κ1) is 19.0. The maximum atomic E-state index is 13.7. The average Bonchev–Trinajstić information content (AvgIpc) is 3.22. The quantitative estimate of drug-likeness (QED) is 0.464. The van der Waals surface area contributed by atoms with Crippen LogP contribution in [0.4, 0.5) is 10.1 Å². The molecule has 0 saturated carbocycles. The number of nitrogens with zero attached hydrogens (tertiary/aromatic N) is 2. The van der Waals surface area contributed by atoms with Gasteiger partial charge in [0.2, 0.25) is 0 Å². The van der Waals surface area contributed by atoms with E-state index in [9.17, 15) is 4.39 Å². The SMILES string of the molecule is CCNC(=NCc1cccc(N2CC=CC2)c1)NCc1ccc(C)c(F)c1. The zero-order valence-corrected chi connectivity index (χ0v) is 16.0. The van der Waals surface area contributed by atoms with Gasteiger partial charge in [0.05, 0.1) is 6.54 Å². The molecule has 2 aromatic carbocycles. The van der Waals surface area contributed by atoms with E-state index in [1.54, 1.807) is 19.1 Å². The van der Waals surface area contributed by atoms with E-state index in [4.69, 9.17) is 0 Å². The fourth-order valence-corrected chi connectivity index (χ4v) is 2.98. The van der Waals surface area contributed by atoms with Crippen LogP contribution in [0.1, 0.15) is 23.6 Å². The molecule has 0 atom stereocenters. The molecule has 27 heavy (non-hydrogen) atoms. The van der Waals surface area contributed by atoms with E-state index in [0.717, 1.165) is 36.7 Å². The molecule has 0 radical (unpaired) electrons. The van der Waals surface area contributed by atoms with Gasteiger partial charge in [-0.3, -0.25) is 0 Å². The summed E-state index contributed by atoms with van der Waals surface area (Å²) in [6.45, 7) is 7.62. The predicted octanol–water partition coefficient (Wildman–Crippen LogP) is 3.77. The van der Waals surface area contributed by atoms with E-state index in [-0.39, 0.29) is 5.82 Å². The molecule has 1 heterocycles. The Balaban J connectivity index is 1.63. The van der Waals surface area contributed by atoms with Gasteiger partial charge in [-0.15, -0.1) is 0 Å². The second-order valence-corrected chi connectivity index (χ2v) is 6.68. The molecule has 0 aliphatic carbocycles. The van der Waals surface area contributed by atoms with Crippen LogP contribution in [0.25, 0.3) is 0 Å². The van der Waals surface area contributed by atoms with Crippen LogP contribution in [0.3, 0.4) is 0 Å². The molecule has 2 aromatic rings. The molecule has 5 heteroatoms. The topological polar surface area (TPSA) is 39.7 Å². The Kier molecular flexibility index (Phi) is 6.47. The summed E-state index contributed by atoms with van der Waals surface area (Å²) in [4.78, 5) is 7.00. The second kappa shape index (κ2) is 9.21. The molecule has 1 aliphatic rings. The van der Waals surface area contributed by atoms with Gasteiger partial charge < -0.3 is 15.5 Å². The highest BCUT2D eigenvalue weighted by molar-refractivity contribution is 5.79. The summed E-state index contributed by atoms with van der Waals surface area (Å²) >= 11 is 0. The van der Waals surface area contributed by atoms with E-state index >= 15 is 0 Å². The monoisotopic (exact) mass is 366 g/mol. The molecule has 2 N–H and O–H groups in total. The van der Waals surface area contributed by atoms with Gasteiger partial charge in [0, 0.05) is 31.9 Å². The molecular formula is C22H27FN4. The van der Waals surface area contributed by atoms with Crippen molar-refractivity contribution in [2.45, 2.75) is 26.9 Å². The van der Waals surface area contributed by atoms with Gasteiger partial charge >= 0.3 is 0 Å². The van der Waals surface area contributed by atoms with Crippen molar-refractivity contribution in [3.05, 3.63) is 77.1 Å². The number of rotatable bonds is 6. The normalized spacial score (nSPS) is 13.9. The lowest BCUT2D eigenvalue weighted by atomic mass is 10.1. The van der Waals surface area contributed by atoms with Crippen LogP contribution in [0.5, 0.6) is 0 Å². The number of benzene rings is 2. The number of hydrogen-bond donors (Lipinski definition) is 2. The van der Waals surface area contributed by atoms with Crippen molar-refractivity contribution in [2.24, 2.45) is 4.99 Å². The lowest BCUT2D eigenvalue weighted by Gasteiger charge is -2.18. The van der Waals surface area contributed by atoms with Gasteiger partial charge in [-0.2, -0.15) is 0 Å². The van der Waals surface area contributed by atoms with Crippen LogP contribution in [-0.2, 0) is 13.1 Å². The van der Waals surface area contributed by atoms with Gasteiger partial charge in [-0.05, 0) is 48.7 Å². The van der Waals surface area contributed by atoms with E-state index < -0.39 is 0 Å². The van der Waals surface area contributed by atoms with E-state index in [1.807, 2.05) is 13.0 Å². The zero-order chi connectivity index (χ0) is 19.1. The second-order valence-electron chi connectivity index (χ2n) is 6.68. The zero-order valence-electron chi connectivity index (χ0n) is 16.0. The van der Waals surface area contributed by atoms with Gasteiger partial charge in [-0.25, -0.2) is 9.38 Å². The third-order valence-corrected chi connectivity index (χ3v) is 4.55. The Bertz CT molecular complexity index is 821. The van der Waals surface area contributed by atoms with Gasteiger partial charge in [0.25, 0.3) is 0 Å². The van der Waals surface area contributed by atoms with Crippen molar-refractivity contribution in [3.8, 4) is 0 Å². The Hall–Kier alpha value is -2.82. The predicted molar refractivity (Wildman–Crippen MR) is 111 cm³/mol. The number of hydrogen-bond acceptors (Lipinski definition) is 2. The third-order valence-electron chi connectivity index (χ3n) is 4.55. The summed E-state index contributed by atoms with van der Waals surface area (Å²) in [5, 5.41) is 6.52. The molecule has 4 nitrogen and oxygen atoms in total. The minimum atomic E-state index is -0.176. The maximum absolute atomic E-state index is 13.7. The summed E-state index contributed by atoms with van der Waals surface area (Å²) < 4.78 is 13.7. The molecule has 3 rings (SSSR count). The largest absolute Gasteiger partial charge is 0.364 e. The summed E-state index contributed by atoms with van der Waals surface area (Å²) in [5.41, 5.74) is 3.94. The summed E-state index contributed by atoms with van der Waals surface area (Å²) in [5.74, 6) is 0.552. The van der Waals surface area contributed by atoms with E-state index in [0.29, 0.717) is 18.7 Å². The van der Waals surface area contributed by atoms with E-state index in [1.165, 1.54) is 5.69 Å². The maximum Gasteiger partial charge on any atom is 0.191 e. The van der Waals surface area contributed by atoms with Crippen molar-refractivity contribution in [1.29, 1.82) is 0 Å². The molecule has 0 aromatic heterocycles. The molecule has 1 aliphatic heterocycles. The summed E-state index contributed by atoms with van der Waals surface area (Å²) in [7, 11) is 0. The number of halogens is 1. The van der Waals surface area contributed by atoms with Crippen LogP contribution in [0.2, 0.25) is 0 Å². The first-order valence-electron chi connectivity index (χ1n) is 9.42. The van der Waals surface area contributed by atoms with Crippen molar-refractivity contribution in [3.63, 3.8) is 0 Å². The van der Waals surface area contributed by atoms with Crippen molar-refractivity contribution in [1.82, 2.24) is 10.6 Å². The molecule has 0 amide bonds. The third kappa shape index (κ3) is 5.33. The molecule has 0 saturated heterocycles. The molecular weight excluding hydrogens is 339 g/mol. The Labute approximate surface area is 160 Å². The van der Waals surface area contributed by atoms with Crippen LogP contribution in [0.15, 0.2) is 59.6 Å². The molecule has 142 valence electrons. The van der Waals surface area contributed by atoms with Gasteiger partial charge in [-0.1, -0.05) is 36.4 Å². The lowest BCUT2D eigenvalue weighted by Crippen LogP contribution is -2.36. The molecule has 0 bridgehead atoms. The number of aliphatic imine (C=N–C) groups is 1. The van der Waals surface area contributed by atoms with Crippen LogP contribution in [0, 0.1) is 12.7 Å². The molecule has 0 spiro atoms. The number of aryl methyl sites for hydroxylation is 1. The number of anilines is 1. The highest BCUT2D eigenvalue weighted by atomic mass is 19.1. The smallest absolute Gasteiger partial charge is 0.191 e. The number of nitrogens with one attached hydrogen (secondary N) is 2. The van der Waals surface area contributed by atoms with Crippen LogP contribution in [-0.4, -0.2) is 25.6 Å². The molecule has 0 unspecified atom stereocenters. The van der Waals surface area contributed by atoms with Gasteiger partial charge in [0.15, 0.2) is 5.96 Å². The van der Waals surface area contributed by atoms with Gasteiger partial charge in [0.1, 0.15) is 5.82 Å². The van der Waals surface area contributed by atoms with Crippen molar-refractivity contribution >= 4 is 11.6 Å². The first-order valence-corrected chi connectivity index (χ1v) is 9.42. The van der Waals surface area contributed by atoms with E-state index in [2.05, 4.69) is 56.9 Å². The Morgan fingerprint density at radius 3 is 2.63 bits per heavy atom. The molecule has 0 fully saturated rings. The average molecular weight is 366 g/mol. The Morgan fingerprint density at radius 1 is 1.07 bits per heavy atom. The highest BCUT2D eigenvalue weighted by Gasteiger charge is 2.08. The fourth-order valence-electron chi connectivity index (χ4n) is 2.98. The standard InChI is InChI=1S/C22H27FN4/c1-3-24-22(26-16-19-10-9-17(2)21(23)14-19)25-15-18-7-6-8-20(13-18)27-11-4-5-12-27/h4-10,13-14H,3,11-12,15-16H2,1-2H3,(H2,24,25,26). The number of guanidine groups is 1. The van der Waals surface area contributed by atoms with Crippen LogP contribution < -0.4 is 15.5 Å². The van der Waals surface area contributed by atoms with Crippen LogP contribution >= 0.6 is 0 Å². The first-order chi connectivity index (χ1) is 13.2. The Morgan fingerprint density at radius 2 is 1.89 bits per heavy atom. The van der Waals surface area contributed by atoms with Crippen molar-refractivity contribution < 1.29 is 4.39 Å². The minimum absolute atomic E-state index is 0.176. The lowest BCUT2D eigenvalue weighted by molar-refractivity contribution is 0.615. The summed E-state index contributed by atoms with van der Waals surface area (Å²) in [6.07, 6.45) is 4.37.